The standard InChI is InChI=1S/C6H11F2NO2S/c1-5(9)2-3-12(10,11)4-6(5,7)8/h2-4,9H2,1H3. The molecule has 1 unspecified atom stereocenters. The van der Waals surface area contributed by atoms with Gasteiger partial charge in [-0.2, -0.15) is 0 Å². The van der Waals surface area contributed by atoms with Crippen LogP contribution in [0.15, 0.2) is 0 Å². The molecule has 1 heterocycles. The van der Waals surface area contributed by atoms with E-state index in [1.165, 1.54) is 6.92 Å². The second-order valence-electron chi connectivity index (χ2n) is 3.46. The fourth-order valence-corrected chi connectivity index (χ4v) is 2.83. The van der Waals surface area contributed by atoms with Crippen molar-refractivity contribution < 1.29 is 17.2 Å². The number of nitrogens with two attached hydrogens (primary N) is 1. The number of halogens is 2. The van der Waals surface area contributed by atoms with Gasteiger partial charge in [0.1, 0.15) is 5.75 Å². The van der Waals surface area contributed by atoms with Crippen molar-refractivity contribution >= 4 is 9.84 Å². The lowest BCUT2D eigenvalue weighted by atomic mass is 9.93. The Balaban J connectivity index is 2.97. The molecule has 0 aromatic heterocycles. The van der Waals surface area contributed by atoms with E-state index in [0.717, 1.165) is 0 Å². The zero-order valence-electron chi connectivity index (χ0n) is 6.68. The van der Waals surface area contributed by atoms with Crippen molar-refractivity contribution in [1.29, 1.82) is 0 Å². The van der Waals surface area contributed by atoms with E-state index in [9.17, 15) is 17.2 Å². The molecule has 1 aliphatic heterocycles. The van der Waals surface area contributed by atoms with E-state index in [4.69, 9.17) is 5.73 Å². The van der Waals surface area contributed by atoms with Crippen molar-refractivity contribution in [3.8, 4) is 0 Å². The average molecular weight is 199 g/mol. The molecular formula is C6H11F2NO2S. The fourth-order valence-electron chi connectivity index (χ4n) is 1.06. The monoisotopic (exact) mass is 199 g/mol. The summed E-state index contributed by atoms with van der Waals surface area (Å²) in [6, 6.07) is 0. The number of rotatable bonds is 0. The number of hydrogen-bond acceptors (Lipinski definition) is 3. The number of sulfone groups is 1. The first-order valence-electron chi connectivity index (χ1n) is 3.53. The van der Waals surface area contributed by atoms with Gasteiger partial charge >= 0.3 is 0 Å². The summed E-state index contributed by atoms with van der Waals surface area (Å²) in [6.45, 7) is 1.18. The van der Waals surface area contributed by atoms with Crippen LogP contribution in [-0.2, 0) is 9.84 Å². The second kappa shape index (κ2) is 2.38. The van der Waals surface area contributed by atoms with E-state index in [1.54, 1.807) is 0 Å². The average Bonchev–Trinajstić information content (AvgIpc) is 1.79. The molecule has 1 rings (SSSR count). The molecule has 0 aliphatic carbocycles. The Morgan fingerprint density at radius 3 is 2.25 bits per heavy atom. The van der Waals surface area contributed by atoms with Gasteiger partial charge in [0, 0.05) is 0 Å². The van der Waals surface area contributed by atoms with Crippen LogP contribution in [-0.4, -0.2) is 31.4 Å². The van der Waals surface area contributed by atoms with Crippen molar-refractivity contribution in [2.75, 3.05) is 11.5 Å². The van der Waals surface area contributed by atoms with Gasteiger partial charge in [0.05, 0.1) is 11.3 Å². The van der Waals surface area contributed by atoms with Crippen molar-refractivity contribution in [2.24, 2.45) is 5.73 Å². The SMILES string of the molecule is CC1(N)CCS(=O)(=O)CC1(F)F. The minimum absolute atomic E-state index is 0.178. The highest BCUT2D eigenvalue weighted by Crippen LogP contribution is 2.35. The van der Waals surface area contributed by atoms with Crippen LogP contribution in [0.25, 0.3) is 0 Å². The van der Waals surface area contributed by atoms with Crippen LogP contribution in [0.2, 0.25) is 0 Å². The van der Waals surface area contributed by atoms with Crippen molar-refractivity contribution in [3.05, 3.63) is 0 Å². The lowest BCUT2D eigenvalue weighted by Crippen LogP contribution is -2.60. The van der Waals surface area contributed by atoms with Crippen LogP contribution in [0.3, 0.4) is 0 Å². The lowest BCUT2D eigenvalue weighted by molar-refractivity contribution is -0.0512. The maximum atomic E-state index is 13.0. The highest BCUT2D eigenvalue weighted by atomic mass is 32.2. The number of alkyl halides is 2. The van der Waals surface area contributed by atoms with E-state index in [-0.39, 0.29) is 12.2 Å². The zero-order valence-corrected chi connectivity index (χ0v) is 7.50. The van der Waals surface area contributed by atoms with Crippen LogP contribution >= 0.6 is 0 Å². The Kier molecular flexibility index (Phi) is 1.96. The summed E-state index contributed by atoms with van der Waals surface area (Å²) in [7, 11) is -3.59. The molecule has 0 spiro atoms. The normalized spacial score (nSPS) is 39.3. The zero-order chi connectivity index (χ0) is 9.62. The Hall–Kier alpha value is -0.230. The molecule has 12 heavy (non-hydrogen) atoms. The van der Waals surface area contributed by atoms with Gasteiger partial charge in [-0.1, -0.05) is 0 Å². The predicted molar refractivity (Wildman–Crippen MR) is 40.8 cm³/mol. The summed E-state index contributed by atoms with van der Waals surface area (Å²) in [4.78, 5) is 0. The quantitative estimate of drug-likeness (QED) is 0.604. The van der Waals surface area contributed by atoms with E-state index < -0.39 is 27.1 Å². The van der Waals surface area contributed by atoms with E-state index in [2.05, 4.69) is 0 Å². The first-order chi connectivity index (χ1) is 5.16. The minimum atomic E-state index is -3.59. The maximum absolute atomic E-state index is 13.0. The van der Waals surface area contributed by atoms with Crippen LogP contribution in [0.4, 0.5) is 8.78 Å². The molecule has 0 saturated carbocycles. The molecule has 0 radical (unpaired) electrons. The Morgan fingerprint density at radius 1 is 1.42 bits per heavy atom. The summed E-state index contributed by atoms with van der Waals surface area (Å²) in [5, 5.41) is 0. The smallest absolute Gasteiger partial charge is 0.279 e. The molecule has 72 valence electrons. The molecule has 2 N–H and O–H groups in total. The van der Waals surface area contributed by atoms with Crippen LogP contribution < -0.4 is 5.73 Å². The molecule has 0 amide bonds. The van der Waals surface area contributed by atoms with Gasteiger partial charge < -0.3 is 5.73 Å². The van der Waals surface area contributed by atoms with Gasteiger partial charge in [-0.25, -0.2) is 17.2 Å². The summed E-state index contributed by atoms with van der Waals surface area (Å²) in [6.07, 6.45) is -0.178. The highest BCUT2D eigenvalue weighted by Gasteiger charge is 2.53. The molecule has 1 aliphatic rings. The summed E-state index contributed by atoms with van der Waals surface area (Å²) >= 11 is 0. The fraction of sp³-hybridized carbons (Fsp3) is 1.00. The topological polar surface area (TPSA) is 60.2 Å². The molecule has 1 atom stereocenters. The summed E-state index contributed by atoms with van der Waals surface area (Å²) in [5.74, 6) is -4.66. The van der Waals surface area contributed by atoms with Gasteiger partial charge in [-0.05, 0) is 13.3 Å². The van der Waals surface area contributed by atoms with Crippen LogP contribution in [0.5, 0.6) is 0 Å². The molecule has 0 bridgehead atoms. The Bertz CT molecular complexity index is 284. The molecule has 0 aromatic rings. The van der Waals surface area contributed by atoms with E-state index >= 15 is 0 Å². The number of hydrogen-bond donors (Lipinski definition) is 1. The van der Waals surface area contributed by atoms with Gasteiger partial charge in [0.25, 0.3) is 5.92 Å². The summed E-state index contributed by atoms with van der Waals surface area (Å²) in [5.41, 5.74) is 3.58. The molecule has 6 heteroatoms. The largest absolute Gasteiger partial charge is 0.320 e. The second-order valence-corrected chi connectivity index (χ2v) is 5.65. The van der Waals surface area contributed by atoms with Gasteiger partial charge in [-0.3, -0.25) is 0 Å². The van der Waals surface area contributed by atoms with Crippen molar-refractivity contribution in [1.82, 2.24) is 0 Å². The molecule has 0 aromatic carbocycles. The Morgan fingerprint density at radius 2 is 1.92 bits per heavy atom. The van der Waals surface area contributed by atoms with Gasteiger partial charge in [-0.15, -0.1) is 0 Å². The molecule has 1 fully saturated rings. The first-order valence-corrected chi connectivity index (χ1v) is 5.36. The molecular weight excluding hydrogens is 188 g/mol. The maximum Gasteiger partial charge on any atom is 0.279 e. The first kappa shape index (κ1) is 9.85. The van der Waals surface area contributed by atoms with Crippen LogP contribution in [0.1, 0.15) is 13.3 Å². The van der Waals surface area contributed by atoms with Crippen molar-refractivity contribution in [2.45, 2.75) is 24.8 Å². The highest BCUT2D eigenvalue weighted by molar-refractivity contribution is 7.91. The van der Waals surface area contributed by atoms with E-state index in [1.807, 2.05) is 0 Å². The molecule has 3 nitrogen and oxygen atoms in total. The van der Waals surface area contributed by atoms with Gasteiger partial charge in [0.15, 0.2) is 9.84 Å². The third kappa shape index (κ3) is 1.59. The minimum Gasteiger partial charge on any atom is -0.320 e. The van der Waals surface area contributed by atoms with Crippen molar-refractivity contribution in [3.63, 3.8) is 0 Å². The summed E-state index contributed by atoms with van der Waals surface area (Å²) < 4.78 is 47.6. The van der Waals surface area contributed by atoms with E-state index in [0.29, 0.717) is 0 Å². The molecule has 1 saturated heterocycles. The lowest BCUT2D eigenvalue weighted by Gasteiger charge is -2.37. The van der Waals surface area contributed by atoms with Crippen LogP contribution in [0, 0.1) is 0 Å². The predicted octanol–water partition coefficient (Wildman–Crippen LogP) is 0.158. The third-order valence-corrected chi connectivity index (χ3v) is 3.80. The Labute approximate surface area is 69.9 Å². The van der Waals surface area contributed by atoms with Gasteiger partial charge in [0.2, 0.25) is 0 Å². The third-order valence-electron chi connectivity index (χ3n) is 2.17.